The van der Waals surface area contributed by atoms with Crippen LogP contribution in [0.2, 0.25) is 0 Å². The van der Waals surface area contributed by atoms with Crippen molar-refractivity contribution < 1.29 is 23.8 Å². The molecule has 0 fully saturated rings. The lowest BCUT2D eigenvalue weighted by Crippen LogP contribution is -2.44. The highest BCUT2D eigenvalue weighted by atomic mass is 19.1. The van der Waals surface area contributed by atoms with E-state index in [4.69, 9.17) is 15.5 Å². The zero-order valence-electron chi connectivity index (χ0n) is 21.8. The fraction of sp³-hybridized carbons (Fsp3) is 0.429. The smallest absolute Gasteiger partial charge is 0.343 e. The van der Waals surface area contributed by atoms with Crippen LogP contribution in [0.15, 0.2) is 16.9 Å². The van der Waals surface area contributed by atoms with E-state index in [1.54, 1.807) is 24.5 Å². The van der Waals surface area contributed by atoms with Crippen molar-refractivity contribution in [2.24, 2.45) is 5.73 Å². The average molecular weight is 536 g/mol. The molecule has 4 heterocycles. The molecule has 0 spiro atoms. The third kappa shape index (κ3) is 3.71. The summed E-state index contributed by atoms with van der Waals surface area (Å²) >= 11 is 0. The minimum Gasteiger partial charge on any atom is -0.458 e. The fourth-order valence-electron chi connectivity index (χ4n) is 6.25. The Balaban J connectivity index is 1.55. The lowest BCUT2D eigenvalue weighted by atomic mass is 9.81. The van der Waals surface area contributed by atoms with Gasteiger partial charge in [0.1, 0.15) is 12.4 Å². The van der Waals surface area contributed by atoms with Gasteiger partial charge in [0.15, 0.2) is 5.60 Å². The minimum absolute atomic E-state index is 0.0387. The molecule has 39 heavy (non-hydrogen) atoms. The van der Waals surface area contributed by atoms with Crippen LogP contribution in [0.5, 0.6) is 0 Å². The number of nitrogens with zero attached hydrogens (tertiary/aromatic N) is 2. The van der Waals surface area contributed by atoms with Crippen molar-refractivity contribution in [1.29, 1.82) is 0 Å². The maximum absolute atomic E-state index is 15.0. The number of carbonyl (C=O) groups is 2. The first-order valence-corrected chi connectivity index (χ1v) is 13.2. The maximum atomic E-state index is 15.0. The number of pyridine rings is 2. The number of carbonyl (C=O) groups excluding carboxylic acids is 2. The Bertz CT molecular complexity index is 1630. The number of hydrogen-bond donors (Lipinski definition) is 4. The lowest BCUT2D eigenvalue weighted by Gasteiger charge is -2.31. The number of aromatic nitrogens is 2. The molecule has 1 aliphatic carbocycles. The Morgan fingerprint density at radius 3 is 2.85 bits per heavy atom. The quantitative estimate of drug-likeness (QED) is 0.269. The van der Waals surface area contributed by atoms with Crippen LogP contribution in [-0.2, 0) is 39.5 Å². The van der Waals surface area contributed by atoms with Crippen LogP contribution < -0.4 is 21.9 Å². The summed E-state index contributed by atoms with van der Waals surface area (Å²) < 4.78 is 21.7. The fourth-order valence-corrected chi connectivity index (χ4v) is 6.25. The molecule has 0 saturated carbocycles. The highest BCUT2D eigenvalue weighted by Crippen LogP contribution is 2.45. The van der Waals surface area contributed by atoms with E-state index in [9.17, 15) is 23.9 Å². The number of hydrogen-bond acceptors (Lipinski definition) is 8. The number of esters is 1. The van der Waals surface area contributed by atoms with Crippen LogP contribution in [0.3, 0.4) is 0 Å². The highest BCUT2D eigenvalue weighted by molar-refractivity contribution is 5.93. The molecule has 2 aromatic heterocycles. The second-order valence-electron chi connectivity index (χ2n) is 10.4. The van der Waals surface area contributed by atoms with Gasteiger partial charge in [-0.2, -0.15) is 0 Å². The number of amides is 1. The predicted octanol–water partition coefficient (Wildman–Crippen LogP) is 1.18. The largest absolute Gasteiger partial charge is 0.458 e. The van der Waals surface area contributed by atoms with Gasteiger partial charge in [0.05, 0.1) is 35.6 Å². The van der Waals surface area contributed by atoms with Gasteiger partial charge in [0.25, 0.3) is 5.56 Å². The van der Waals surface area contributed by atoms with E-state index in [0.29, 0.717) is 48.4 Å². The lowest BCUT2D eigenvalue weighted by molar-refractivity contribution is -0.172. The number of ether oxygens (including phenoxy) is 1. The molecule has 3 aliphatic rings. The molecule has 0 radical (unpaired) electrons. The predicted molar refractivity (Wildman–Crippen MR) is 140 cm³/mol. The van der Waals surface area contributed by atoms with Gasteiger partial charge in [-0.15, -0.1) is 0 Å². The summed E-state index contributed by atoms with van der Waals surface area (Å²) in [4.78, 5) is 43.4. The highest BCUT2D eigenvalue weighted by Gasteiger charge is 2.46. The summed E-state index contributed by atoms with van der Waals surface area (Å²) in [6.45, 7) is 4.20. The molecule has 5 N–H and O–H groups in total. The molecular formula is C28H30FN5O5. The Kier molecular flexibility index (Phi) is 6.05. The molecular weight excluding hydrogens is 505 g/mol. The number of cyclic esters (lactones) is 1. The van der Waals surface area contributed by atoms with Gasteiger partial charge in [-0.3, -0.25) is 9.59 Å². The van der Waals surface area contributed by atoms with Crippen LogP contribution in [0.25, 0.3) is 22.3 Å². The Labute approximate surface area is 223 Å². The van der Waals surface area contributed by atoms with Crippen molar-refractivity contribution in [2.75, 3.05) is 19.6 Å². The van der Waals surface area contributed by atoms with Crippen molar-refractivity contribution >= 4 is 22.8 Å². The Morgan fingerprint density at radius 1 is 1.31 bits per heavy atom. The van der Waals surface area contributed by atoms with Crippen LogP contribution in [0, 0.1) is 12.7 Å². The number of aliphatic hydroxyl groups is 1. The molecule has 1 aromatic carbocycles. The van der Waals surface area contributed by atoms with Crippen LogP contribution in [0.1, 0.15) is 59.2 Å². The molecule has 2 atom stereocenters. The summed E-state index contributed by atoms with van der Waals surface area (Å²) in [6.07, 6.45) is 1.28. The summed E-state index contributed by atoms with van der Waals surface area (Å²) in [5, 5.41) is 18.1. The monoisotopic (exact) mass is 535 g/mol. The van der Waals surface area contributed by atoms with Crippen molar-refractivity contribution in [3.8, 4) is 11.4 Å². The first-order chi connectivity index (χ1) is 18.7. The Hall–Kier alpha value is -3.67. The molecule has 11 heteroatoms. The van der Waals surface area contributed by atoms with Crippen molar-refractivity contribution in [2.45, 2.75) is 57.9 Å². The van der Waals surface area contributed by atoms with E-state index in [-0.39, 0.29) is 60.6 Å². The maximum Gasteiger partial charge on any atom is 0.343 e. The zero-order valence-corrected chi connectivity index (χ0v) is 21.8. The molecule has 0 unspecified atom stereocenters. The van der Waals surface area contributed by atoms with E-state index in [0.717, 1.165) is 22.1 Å². The summed E-state index contributed by atoms with van der Waals surface area (Å²) in [6, 6.07) is 2.82. The molecule has 0 saturated heterocycles. The molecule has 3 aromatic rings. The van der Waals surface area contributed by atoms with E-state index >= 15 is 0 Å². The minimum atomic E-state index is -1.94. The molecule has 10 nitrogen and oxygen atoms in total. The number of nitrogens with two attached hydrogens (primary N) is 1. The number of rotatable bonds is 6. The van der Waals surface area contributed by atoms with Gasteiger partial charge in [-0.05, 0) is 48.9 Å². The van der Waals surface area contributed by atoms with E-state index in [2.05, 4.69) is 10.6 Å². The third-order valence-electron chi connectivity index (χ3n) is 8.35. The Morgan fingerprint density at radius 2 is 2.10 bits per heavy atom. The van der Waals surface area contributed by atoms with E-state index in [1.807, 2.05) is 0 Å². The summed E-state index contributed by atoms with van der Waals surface area (Å²) in [5.41, 5.74) is 8.23. The second kappa shape index (κ2) is 9.22. The standard InChI is InChI=1S/C28H30FN5O5/c1-3-28(38)17-8-21-25-15(11-34(21)26(36)16(17)12-39-27(28)37)24-19(32-10-22(35)31-7-6-30)5-4-14-13(2)18(29)9-20(33-25)23(14)24/h8-9,19,32,38H,3-7,10-12,30H2,1-2H3,(H,31,35)/t19-,28-/m0/s1. The SMILES string of the molecule is CC[C@@]1(O)C(=O)OCc2c1cc1n(c2=O)Cc2c-1nc1cc(F)c(C)c3c1c2[C@@H](NCC(=O)NCCN)CC3. The molecule has 204 valence electrons. The van der Waals surface area contributed by atoms with Crippen LogP contribution >= 0.6 is 0 Å². The van der Waals surface area contributed by atoms with Crippen LogP contribution in [-0.4, -0.2) is 46.2 Å². The molecule has 1 amide bonds. The summed E-state index contributed by atoms with van der Waals surface area (Å²) in [5.74, 6) is -1.33. The van der Waals surface area contributed by atoms with Crippen LogP contribution in [0.4, 0.5) is 4.39 Å². The zero-order chi connectivity index (χ0) is 27.6. The average Bonchev–Trinajstić information content (AvgIpc) is 3.30. The van der Waals surface area contributed by atoms with Gasteiger partial charge in [0, 0.05) is 41.7 Å². The first kappa shape index (κ1) is 25.6. The number of halogens is 1. The van der Waals surface area contributed by atoms with Gasteiger partial charge in [-0.1, -0.05) is 6.92 Å². The molecule has 0 bridgehead atoms. The number of nitrogens with one attached hydrogen (secondary N) is 2. The van der Waals surface area contributed by atoms with Crippen molar-refractivity contribution in [3.05, 3.63) is 61.7 Å². The second-order valence-corrected chi connectivity index (χ2v) is 10.4. The van der Waals surface area contributed by atoms with Gasteiger partial charge < -0.3 is 30.8 Å². The topological polar surface area (TPSA) is 149 Å². The molecule has 6 rings (SSSR count). The number of benzene rings is 1. The molecule has 2 aliphatic heterocycles. The first-order valence-electron chi connectivity index (χ1n) is 13.2. The van der Waals surface area contributed by atoms with Gasteiger partial charge in [-0.25, -0.2) is 14.2 Å². The van der Waals surface area contributed by atoms with Crippen molar-refractivity contribution in [1.82, 2.24) is 20.2 Å². The van der Waals surface area contributed by atoms with E-state index < -0.39 is 11.6 Å². The normalized spacial score (nSPS) is 20.8. The van der Waals surface area contributed by atoms with E-state index in [1.165, 1.54) is 6.07 Å². The van der Waals surface area contributed by atoms with Gasteiger partial charge in [0.2, 0.25) is 5.91 Å². The van der Waals surface area contributed by atoms with Gasteiger partial charge >= 0.3 is 5.97 Å². The number of aryl methyl sites for hydroxylation is 1. The third-order valence-corrected chi connectivity index (χ3v) is 8.35. The number of fused-ring (bicyclic) bond motifs is 5. The van der Waals surface area contributed by atoms with Crippen molar-refractivity contribution in [3.63, 3.8) is 0 Å². The summed E-state index contributed by atoms with van der Waals surface area (Å²) in [7, 11) is 0.